The van der Waals surface area contributed by atoms with Crippen molar-refractivity contribution in [2.24, 2.45) is 0 Å². The van der Waals surface area contributed by atoms with Crippen LogP contribution in [0.25, 0.3) is 12.2 Å². The number of methoxy groups -OCH3 is 3. The quantitative estimate of drug-likeness (QED) is 0.187. The van der Waals surface area contributed by atoms with Gasteiger partial charge in [0.1, 0.15) is 15.6 Å². The van der Waals surface area contributed by atoms with Crippen LogP contribution >= 0.6 is 15.6 Å². The Morgan fingerprint density at radius 2 is 1.06 bits per heavy atom. The molecule has 0 spiro atoms. The molecule has 0 aliphatic carbocycles. The Bertz CT molecular complexity index is 1040. The third-order valence-electron chi connectivity index (χ3n) is 3.54. The molecule has 2 rings (SSSR count). The molecule has 0 radical (unpaired) electrons. The third-order valence-corrected chi connectivity index (χ3v) is 4.38. The van der Waals surface area contributed by atoms with E-state index in [0.717, 1.165) is 0 Å². The number of hydrogen-bond acceptors (Lipinski definition) is 11. The maximum atomic E-state index is 11.0. The molecule has 34 heavy (non-hydrogen) atoms. The van der Waals surface area contributed by atoms with Crippen LogP contribution in [0.1, 0.15) is 11.1 Å². The van der Waals surface area contributed by atoms with Crippen LogP contribution in [0.15, 0.2) is 30.3 Å². The molecule has 0 saturated heterocycles. The molecule has 164 valence electrons. The van der Waals surface area contributed by atoms with Crippen LogP contribution in [0.5, 0.6) is 28.7 Å². The van der Waals surface area contributed by atoms with Crippen LogP contribution in [-0.4, -0.2) is 21.3 Å². The van der Waals surface area contributed by atoms with Gasteiger partial charge in [-0.05, 0) is 35.4 Å². The summed E-state index contributed by atoms with van der Waals surface area (Å²) in [5.74, 6) is -0.642. The Hall–Kier alpha value is -0.130. The van der Waals surface area contributed by atoms with Gasteiger partial charge >= 0.3 is 75.4 Å². The standard InChI is InChI=1S/C17H20O11P2.4Li/c1-24-13-7-6-11(8-14(13)27-29(18,19)20)4-5-12-9-15(25-2)17(26-3)16(10-12)28-30(21,22)23;;;;/h4-10H,1-3H3,(H2,18,19,20)(H2,21,22,23);;;;/q;4*+1/p-4/b5-4-;;;;. The van der Waals surface area contributed by atoms with Gasteiger partial charge in [0.15, 0.2) is 23.0 Å². The molecule has 0 saturated carbocycles. The molecule has 0 bridgehead atoms. The van der Waals surface area contributed by atoms with Gasteiger partial charge in [-0.2, -0.15) is 0 Å². The molecule has 0 aliphatic rings. The number of rotatable bonds is 9. The fourth-order valence-corrected chi connectivity index (χ4v) is 3.18. The van der Waals surface area contributed by atoms with E-state index in [0.29, 0.717) is 11.1 Å². The van der Waals surface area contributed by atoms with E-state index in [1.54, 1.807) is 6.07 Å². The zero-order valence-electron chi connectivity index (χ0n) is 19.9. The summed E-state index contributed by atoms with van der Waals surface area (Å²) in [6.45, 7) is 0. The van der Waals surface area contributed by atoms with E-state index in [1.165, 1.54) is 57.7 Å². The molecule has 0 unspecified atom stereocenters. The molecule has 2 aromatic carbocycles. The summed E-state index contributed by atoms with van der Waals surface area (Å²) >= 11 is 0. The number of phosphoric acid groups is 2. The van der Waals surface area contributed by atoms with Crippen molar-refractivity contribution in [2.45, 2.75) is 0 Å². The normalized spacial score (nSPS) is 10.6. The van der Waals surface area contributed by atoms with Gasteiger partial charge < -0.3 is 52.0 Å². The van der Waals surface area contributed by atoms with Gasteiger partial charge in [-0.15, -0.1) is 0 Å². The second kappa shape index (κ2) is 16.6. The van der Waals surface area contributed by atoms with Gasteiger partial charge in [0.25, 0.3) is 0 Å². The predicted molar refractivity (Wildman–Crippen MR) is 97.9 cm³/mol. The Balaban J connectivity index is -0.00000240. The molecule has 0 N–H and O–H groups in total. The van der Waals surface area contributed by atoms with E-state index in [2.05, 4.69) is 9.05 Å². The van der Waals surface area contributed by atoms with Crippen LogP contribution in [0, 0.1) is 0 Å². The average Bonchev–Trinajstić information content (AvgIpc) is 2.63. The molecule has 17 heteroatoms. The summed E-state index contributed by atoms with van der Waals surface area (Å²) in [7, 11) is -6.86. The summed E-state index contributed by atoms with van der Waals surface area (Å²) in [4.78, 5) is 43.8. The summed E-state index contributed by atoms with van der Waals surface area (Å²) in [5, 5.41) is 0. The Morgan fingerprint density at radius 1 is 0.618 bits per heavy atom. The molecule has 0 heterocycles. The van der Waals surface area contributed by atoms with Crippen molar-refractivity contribution in [3.05, 3.63) is 41.5 Å². The minimum absolute atomic E-state index is 0. The Kier molecular flexibility index (Phi) is 18.7. The van der Waals surface area contributed by atoms with Crippen molar-refractivity contribution in [2.75, 3.05) is 21.3 Å². The molecule has 0 atom stereocenters. The van der Waals surface area contributed by atoms with Gasteiger partial charge in [-0.25, -0.2) is 0 Å². The first-order valence-electron chi connectivity index (χ1n) is 8.01. The first kappa shape index (κ1) is 38.4. The largest absolute Gasteiger partial charge is 1.00 e. The van der Waals surface area contributed by atoms with Crippen molar-refractivity contribution < 1.29 is 127 Å². The van der Waals surface area contributed by atoms with Crippen molar-refractivity contribution in [3.63, 3.8) is 0 Å². The molecular weight excluding hydrogens is 470 g/mol. The number of ether oxygens (including phenoxy) is 3. The molecule has 0 aliphatic heterocycles. The van der Waals surface area contributed by atoms with Crippen LogP contribution < -0.4 is 118 Å². The number of phosphoric ester groups is 2. The maximum absolute atomic E-state index is 11.0. The SMILES string of the molecule is COc1ccc(/C=C\c2cc(OC)c(OC)c(OP(=O)([O-])[O-])c2)cc1OP(=O)([O-])[O-].[Li+].[Li+].[Li+].[Li+]. The summed E-state index contributed by atoms with van der Waals surface area (Å²) in [6.07, 6.45) is 2.97. The van der Waals surface area contributed by atoms with E-state index in [9.17, 15) is 28.7 Å². The van der Waals surface area contributed by atoms with Crippen LogP contribution in [0.2, 0.25) is 0 Å². The molecule has 0 aromatic heterocycles. The van der Waals surface area contributed by atoms with Crippen molar-refractivity contribution in [3.8, 4) is 28.7 Å². The van der Waals surface area contributed by atoms with Gasteiger partial charge in [-0.1, -0.05) is 18.2 Å². The Labute approximate surface area is 245 Å². The van der Waals surface area contributed by atoms with Gasteiger partial charge in [0.05, 0.1) is 21.3 Å². The summed E-state index contributed by atoms with van der Waals surface area (Å²) in [6, 6.07) is 6.89. The topological polar surface area (TPSA) is 173 Å². The minimum atomic E-state index is -5.37. The van der Waals surface area contributed by atoms with Gasteiger partial charge in [-0.3, -0.25) is 0 Å². The molecular formula is C17H16Li4O11P2. The zero-order valence-corrected chi connectivity index (χ0v) is 21.7. The number of benzene rings is 2. The molecule has 2 aromatic rings. The smallest absolute Gasteiger partial charge is 0.780 e. The predicted octanol–water partition coefficient (Wildman–Crippen LogP) is -11.7. The second-order valence-corrected chi connectivity index (χ2v) is 7.73. The van der Waals surface area contributed by atoms with E-state index in [-0.39, 0.29) is 104 Å². The summed E-state index contributed by atoms with van der Waals surface area (Å²) in [5.41, 5.74) is 0.766. The summed E-state index contributed by atoms with van der Waals surface area (Å²) < 4.78 is 45.8. The van der Waals surface area contributed by atoms with E-state index in [1.807, 2.05) is 0 Å². The average molecular weight is 486 g/mol. The second-order valence-electron chi connectivity index (χ2n) is 5.58. The van der Waals surface area contributed by atoms with Gasteiger partial charge in [0, 0.05) is 0 Å². The van der Waals surface area contributed by atoms with Crippen molar-refractivity contribution >= 4 is 27.8 Å². The minimum Gasteiger partial charge on any atom is -0.780 e. The third kappa shape index (κ3) is 12.2. The van der Waals surface area contributed by atoms with Crippen LogP contribution in [0.4, 0.5) is 0 Å². The molecule has 0 fully saturated rings. The van der Waals surface area contributed by atoms with Gasteiger partial charge in [0.2, 0.25) is 5.75 Å². The van der Waals surface area contributed by atoms with E-state index >= 15 is 0 Å². The zero-order chi connectivity index (χ0) is 22.5. The van der Waals surface area contributed by atoms with Crippen LogP contribution in [-0.2, 0) is 9.13 Å². The fraction of sp³-hybridized carbons (Fsp3) is 0.176. The fourth-order valence-electron chi connectivity index (χ4n) is 2.42. The van der Waals surface area contributed by atoms with E-state index < -0.39 is 15.6 Å². The Morgan fingerprint density at radius 3 is 1.53 bits per heavy atom. The first-order valence-corrected chi connectivity index (χ1v) is 10.9. The first-order chi connectivity index (χ1) is 14.0. The monoisotopic (exact) mass is 486 g/mol. The van der Waals surface area contributed by atoms with Crippen LogP contribution in [0.3, 0.4) is 0 Å². The molecule has 0 amide bonds. The van der Waals surface area contributed by atoms with Crippen molar-refractivity contribution in [1.82, 2.24) is 0 Å². The van der Waals surface area contributed by atoms with E-state index in [4.69, 9.17) is 14.2 Å². The molecule has 11 nitrogen and oxygen atoms in total. The van der Waals surface area contributed by atoms with Crippen molar-refractivity contribution in [1.29, 1.82) is 0 Å². The maximum Gasteiger partial charge on any atom is 1.00 e. The number of hydrogen-bond donors (Lipinski definition) is 0.